The molecule has 0 bridgehead atoms. The lowest BCUT2D eigenvalue weighted by Gasteiger charge is -2.07. The topological polar surface area (TPSA) is 74.6 Å². The van der Waals surface area contributed by atoms with Crippen LogP contribution >= 0.6 is 0 Å². The fourth-order valence-electron chi connectivity index (χ4n) is 1.72. The van der Waals surface area contributed by atoms with E-state index in [1.54, 1.807) is 12.1 Å². The summed E-state index contributed by atoms with van der Waals surface area (Å²) < 4.78 is 0. The van der Waals surface area contributed by atoms with Crippen molar-refractivity contribution in [3.8, 4) is 0 Å². The minimum Gasteiger partial charge on any atom is -0.475 e. The predicted molar refractivity (Wildman–Crippen MR) is 60.9 cm³/mol. The van der Waals surface area contributed by atoms with Crippen LogP contribution in [0.5, 0.6) is 0 Å². The molecule has 4 heteroatoms. The van der Waals surface area contributed by atoms with E-state index >= 15 is 0 Å². The molecule has 1 aromatic rings. The Balaban J connectivity index is 1.97. The minimum absolute atomic E-state index is 0.186. The molecule has 4 nitrogen and oxygen atoms in total. The van der Waals surface area contributed by atoms with E-state index in [1.807, 2.05) is 0 Å². The molecule has 0 heterocycles. The molecule has 2 N–H and O–H groups in total. The molecular formula is C13H14O4. The summed E-state index contributed by atoms with van der Waals surface area (Å²) >= 11 is 0. The van der Waals surface area contributed by atoms with E-state index in [0.717, 1.165) is 31.2 Å². The molecule has 1 fully saturated rings. The van der Waals surface area contributed by atoms with Gasteiger partial charge < -0.3 is 10.2 Å². The summed E-state index contributed by atoms with van der Waals surface area (Å²) in [5.41, 5.74) is 0.717. The molecule has 90 valence electrons. The number of rotatable bonds is 5. The van der Waals surface area contributed by atoms with Crippen LogP contribution < -0.4 is 0 Å². The lowest BCUT2D eigenvalue weighted by Crippen LogP contribution is -2.12. The van der Waals surface area contributed by atoms with Gasteiger partial charge in [0.15, 0.2) is 0 Å². The number of aliphatic hydroxyl groups is 1. The van der Waals surface area contributed by atoms with Crippen LogP contribution in [0.1, 0.15) is 35.2 Å². The minimum atomic E-state index is -1.44. The fourth-order valence-corrected chi connectivity index (χ4v) is 1.72. The van der Waals surface area contributed by atoms with Gasteiger partial charge in [-0.05, 0) is 31.2 Å². The Morgan fingerprint density at radius 1 is 1.18 bits per heavy atom. The van der Waals surface area contributed by atoms with E-state index in [4.69, 9.17) is 5.11 Å². The van der Waals surface area contributed by atoms with Crippen LogP contribution in [-0.4, -0.2) is 27.6 Å². The smallest absolute Gasteiger partial charge is 0.377 e. The highest BCUT2D eigenvalue weighted by Gasteiger charge is 2.39. The molecule has 1 aliphatic rings. The Bertz CT molecular complexity index is 443. The van der Waals surface area contributed by atoms with E-state index in [0.29, 0.717) is 0 Å². The zero-order valence-electron chi connectivity index (χ0n) is 9.35. The van der Waals surface area contributed by atoms with Crippen LogP contribution in [0.4, 0.5) is 0 Å². The van der Waals surface area contributed by atoms with E-state index in [2.05, 4.69) is 0 Å². The zero-order chi connectivity index (χ0) is 12.5. The second kappa shape index (κ2) is 4.30. The highest BCUT2D eigenvalue weighted by atomic mass is 16.4. The molecule has 17 heavy (non-hydrogen) atoms. The van der Waals surface area contributed by atoms with Crippen LogP contribution in [0.15, 0.2) is 24.3 Å². The summed E-state index contributed by atoms with van der Waals surface area (Å²) in [6.45, 7) is 0. The van der Waals surface area contributed by atoms with Crippen molar-refractivity contribution in [3.63, 3.8) is 0 Å². The van der Waals surface area contributed by atoms with E-state index < -0.39 is 17.4 Å². The Kier molecular flexibility index (Phi) is 2.98. The van der Waals surface area contributed by atoms with Crippen molar-refractivity contribution in [3.05, 3.63) is 35.4 Å². The normalized spacial score (nSPS) is 16.5. The molecular weight excluding hydrogens is 220 g/mol. The molecule has 0 radical (unpaired) electrons. The average molecular weight is 234 g/mol. The second-order valence-electron chi connectivity index (χ2n) is 4.56. The van der Waals surface area contributed by atoms with E-state index in [9.17, 15) is 14.7 Å². The molecule has 0 amide bonds. The van der Waals surface area contributed by atoms with Crippen molar-refractivity contribution in [1.82, 2.24) is 0 Å². The van der Waals surface area contributed by atoms with Crippen LogP contribution in [0, 0.1) is 0 Å². The molecule has 0 unspecified atom stereocenters. The number of aryl methyl sites for hydroxylation is 1. The zero-order valence-corrected chi connectivity index (χ0v) is 9.35. The maximum Gasteiger partial charge on any atom is 0.377 e. The van der Waals surface area contributed by atoms with Gasteiger partial charge in [-0.25, -0.2) is 4.79 Å². The van der Waals surface area contributed by atoms with Gasteiger partial charge in [0, 0.05) is 5.56 Å². The summed E-state index contributed by atoms with van der Waals surface area (Å²) in [6, 6.07) is 6.51. The van der Waals surface area contributed by atoms with Crippen molar-refractivity contribution in [2.45, 2.75) is 31.3 Å². The molecule has 0 aromatic heterocycles. The number of ketones is 1. The Morgan fingerprint density at radius 3 is 2.24 bits per heavy atom. The first kappa shape index (κ1) is 11.8. The van der Waals surface area contributed by atoms with Crippen molar-refractivity contribution in [1.29, 1.82) is 0 Å². The first-order valence-electron chi connectivity index (χ1n) is 5.59. The standard InChI is InChI=1S/C13H14O4/c14-11(12(15)16)10-3-1-9(2-4-10)5-6-13(17)7-8-13/h1-4,17H,5-8H2,(H,15,16). The Morgan fingerprint density at radius 2 is 1.76 bits per heavy atom. The van der Waals surface area contributed by atoms with Crippen LogP contribution in [0.2, 0.25) is 0 Å². The number of aliphatic carboxylic acids is 1. The van der Waals surface area contributed by atoms with E-state index in [-0.39, 0.29) is 5.56 Å². The number of hydrogen-bond donors (Lipinski definition) is 2. The summed E-state index contributed by atoms with van der Waals surface area (Å²) in [5.74, 6) is -2.33. The third-order valence-electron chi connectivity index (χ3n) is 3.12. The summed E-state index contributed by atoms with van der Waals surface area (Å²) in [4.78, 5) is 21.6. The monoisotopic (exact) mass is 234 g/mol. The van der Waals surface area contributed by atoms with E-state index in [1.165, 1.54) is 12.1 Å². The molecule has 0 spiro atoms. The van der Waals surface area contributed by atoms with Crippen molar-refractivity contribution in [2.24, 2.45) is 0 Å². The van der Waals surface area contributed by atoms with Gasteiger partial charge >= 0.3 is 5.97 Å². The largest absolute Gasteiger partial charge is 0.475 e. The summed E-state index contributed by atoms with van der Waals surface area (Å²) in [6.07, 6.45) is 3.20. The first-order chi connectivity index (χ1) is 8.00. The number of hydrogen-bond acceptors (Lipinski definition) is 3. The maximum atomic E-state index is 11.1. The van der Waals surface area contributed by atoms with Crippen molar-refractivity contribution < 1.29 is 19.8 Å². The second-order valence-corrected chi connectivity index (χ2v) is 4.56. The summed E-state index contributed by atoms with van der Waals surface area (Å²) in [5, 5.41) is 18.2. The van der Waals surface area contributed by atoms with Gasteiger partial charge in [0.25, 0.3) is 5.78 Å². The fraction of sp³-hybridized carbons (Fsp3) is 0.385. The Hall–Kier alpha value is -1.68. The molecule has 1 aromatic carbocycles. The SMILES string of the molecule is O=C(O)C(=O)c1ccc(CCC2(O)CC2)cc1. The lowest BCUT2D eigenvalue weighted by atomic mass is 10.0. The van der Waals surface area contributed by atoms with Crippen LogP contribution in [0.3, 0.4) is 0 Å². The third-order valence-corrected chi connectivity index (χ3v) is 3.12. The number of Topliss-reactive ketones (excluding diaryl/α,β-unsaturated/α-hetero) is 1. The van der Waals surface area contributed by atoms with Gasteiger partial charge in [-0.1, -0.05) is 24.3 Å². The molecule has 1 aliphatic carbocycles. The van der Waals surface area contributed by atoms with Crippen molar-refractivity contribution in [2.75, 3.05) is 0 Å². The molecule has 0 saturated heterocycles. The third kappa shape index (κ3) is 2.91. The van der Waals surface area contributed by atoms with Gasteiger partial charge in [0.1, 0.15) is 0 Å². The molecule has 0 atom stereocenters. The van der Waals surface area contributed by atoms with Crippen LogP contribution in [0.25, 0.3) is 0 Å². The number of carboxylic acid groups (broad SMARTS) is 1. The molecule has 0 aliphatic heterocycles. The quantitative estimate of drug-likeness (QED) is 0.596. The molecule has 2 rings (SSSR count). The van der Waals surface area contributed by atoms with Gasteiger partial charge in [-0.15, -0.1) is 0 Å². The van der Waals surface area contributed by atoms with Crippen molar-refractivity contribution >= 4 is 11.8 Å². The first-order valence-corrected chi connectivity index (χ1v) is 5.59. The highest BCUT2D eigenvalue weighted by molar-refractivity contribution is 6.39. The predicted octanol–water partition coefficient (Wildman–Crippen LogP) is 1.41. The van der Waals surface area contributed by atoms with Gasteiger partial charge in [-0.3, -0.25) is 4.79 Å². The lowest BCUT2D eigenvalue weighted by molar-refractivity contribution is -0.131. The number of carboxylic acids is 1. The maximum absolute atomic E-state index is 11.1. The van der Waals surface area contributed by atoms with Crippen LogP contribution in [-0.2, 0) is 11.2 Å². The van der Waals surface area contributed by atoms with Gasteiger partial charge in [0.05, 0.1) is 5.60 Å². The average Bonchev–Trinajstić information content (AvgIpc) is 3.05. The van der Waals surface area contributed by atoms with Gasteiger partial charge in [-0.2, -0.15) is 0 Å². The van der Waals surface area contributed by atoms with Gasteiger partial charge in [0.2, 0.25) is 0 Å². The number of benzene rings is 1. The highest BCUT2D eigenvalue weighted by Crippen LogP contribution is 2.39. The number of carbonyl (C=O) groups is 2. The summed E-state index contributed by atoms with van der Waals surface area (Å²) in [7, 11) is 0. The number of carbonyl (C=O) groups excluding carboxylic acids is 1. The molecule has 1 saturated carbocycles. The Labute approximate surface area is 98.9 Å².